The number of nitrogens with zero attached hydrogens (tertiary/aromatic N) is 4. The molecule has 3 rings (SSSR count). The Kier molecular flexibility index (Phi) is 3.11. The highest BCUT2D eigenvalue weighted by molar-refractivity contribution is 4.99. The van der Waals surface area contributed by atoms with Gasteiger partial charge in [0.05, 0.1) is 6.54 Å². The highest BCUT2D eigenvalue weighted by atomic mass is 15.4. The topological polar surface area (TPSA) is 46.0 Å². The molecule has 3 atom stereocenters. The Morgan fingerprint density at radius 1 is 1.44 bits per heavy atom. The third kappa shape index (κ3) is 1.95. The zero-order valence-electron chi connectivity index (χ0n) is 11.5. The first-order valence-corrected chi connectivity index (χ1v) is 7.00. The standard InChI is InChI=1S/C13H23N5/c1-9(2)18-13(15-8-16-18)7-17-6-11-4-14-5-12(11)10(17)3/h8-12,14H,4-7H2,1-3H3. The van der Waals surface area contributed by atoms with Gasteiger partial charge < -0.3 is 5.32 Å². The van der Waals surface area contributed by atoms with Crippen LogP contribution in [-0.2, 0) is 6.54 Å². The molecule has 1 aromatic rings. The molecule has 2 aliphatic rings. The molecule has 0 saturated carbocycles. The minimum Gasteiger partial charge on any atom is -0.316 e. The summed E-state index contributed by atoms with van der Waals surface area (Å²) in [5.41, 5.74) is 0. The number of nitrogens with one attached hydrogen (secondary N) is 1. The lowest BCUT2D eigenvalue weighted by Crippen LogP contribution is -2.33. The van der Waals surface area contributed by atoms with Gasteiger partial charge in [0.2, 0.25) is 0 Å². The fraction of sp³-hybridized carbons (Fsp3) is 0.846. The third-order valence-electron chi connectivity index (χ3n) is 4.54. The number of aromatic nitrogens is 3. The summed E-state index contributed by atoms with van der Waals surface area (Å²) in [5.74, 6) is 2.75. The molecule has 2 aliphatic heterocycles. The monoisotopic (exact) mass is 249 g/mol. The van der Waals surface area contributed by atoms with Crippen LogP contribution in [0.4, 0.5) is 0 Å². The van der Waals surface area contributed by atoms with Gasteiger partial charge in [-0.05, 0) is 45.7 Å². The molecule has 2 fully saturated rings. The van der Waals surface area contributed by atoms with Crippen LogP contribution in [0.5, 0.6) is 0 Å². The number of hydrogen-bond donors (Lipinski definition) is 1. The summed E-state index contributed by atoms with van der Waals surface area (Å²) in [6.45, 7) is 11.2. The molecule has 5 heteroatoms. The molecule has 5 nitrogen and oxygen atoms in total. The molecule has 18 heavy (non-hydrogen) atoms. The van der Waals surface area contributed by atoms with Gasteiger partial charge in [0.25, 0.3) is 0 Å². The Morgan fingerprint density at radius 2 is 2.28 bits per heavy atom. The normalized spacial score (nSPS) is 32.3. The lowest BCUT2D eigenvalue weighted by atomic mass is 9.95. The van der Waals surface area contributed by atoms with Gasteiger partial charge in [-0.2, -0.15) is 5.10 Å². The molecule has 0 aliphatic carbocycles. The maximum absolute atomic E-state index is 4.42. The van der Waals surface area contributed by atoms with Gasteiger partial charge in [0.15, 0.2) is 0 Å². The van der Waals surface area contributed by atoms with Crippen molar-refractivity contribution in [3.63, 3.8) is 0 Å². The molecule has 1 aromatic heterocycles. The van der Waals surface area contributed by atoms with Gasteiger partial charge in [-0.1, -0.05) is 0 Å². The van der Waals surface area contributed by atoms with E-state index in [1.807, 2.05) is 4.68 Å². The first-order valence-electron chi connectivity index (χ1n) is 7.00. The lowest BCUT2D eigenvalue weighted by Gasteiger charge is -2.24. The average Bonchev–Trinajstić information content (AvgIpc) is 2.99. The van der Waals surface area contributed by atoms with E-state index < -0.39 is 0 Å². The number of fused-ring (bicyclic) bond motifs is 1. The van der Waals surface area contributed by atoms with E-state index in [9.17, 15) is 0 Å². The third-order valence-corrected chi connectivity index (χ3v) is 4.54. The minimum absolute atomic E-state index is 0.390. The van der Waals surface area contributed by atoms with Crippen LogP contribution < -0.4 is 5.32 Å². The summed E-state index contributed by atoms with van der Waals surface area (Å²) < 4.78 is 2.04. The molecule has 1 N–H and O–H groups in total. The summed E-state index contributed by atoms with van der Waals surface area (Å²) in [6, 6.07) is 1.05. The number of hydrogen-bond acceptors (Lipinski definition) is 4. The Hall–Kier alpha value is -0.940. The molecule has 0 radical (unpaired) electrons. The zero-order valence-corrected chi connectivity index (χ0v) is 11.5. The summed E-state index contributed by atoms with van der Waals surface area (Å²) >= 11 is 0. The van der Waals surface area contributed by atoms with Gasteiger partial charge in [0.1, 0.15) is 12.2 Å². The predicted molar refractivity (Wildman–Crippen MR) is 70.1 cm³/mol. The van der Waals surface area contributed by atoms with E-state index in [0.29, 0.717) is 12.1 Å². The Labute approximate surface area is 109 Å². The average molecular weight is 249 g/mol. The van der Waals surface area contributed by atoms with E-state index in [1.165, 1.54) is 19.6 Å². The second kappa shape index (κ2) is 4.63. The highest BCUT2D eigenvalue weighted by Crippen LogP contribution is 2.33. The quantitative estimate of drug-likeness (QED) is 0.864. The van der Waals surface area contributed by atoms with E-state index in [1.54, 1.807) is 6.33 Å². The van der Waals surface area contributed by atoms with Crippen molar-refractivity contribution in [2.75, 3.05) is 19.6 Å². The SMILES string of the molecule is CC1C2CNCC2CN1Cc1ncnn1C(C)C. The smallest absolute Gasteiger partial charge is 0.141 e. The van der Waals surface area contributed by atoms with Gasteiger partial charge in [-0.3, -0.25) is 4.90 Å². The summed E-state index contributed by atoms with van der Waals surface area (Å²) in [4.78, 5) is 6.99. The predicted octanol–water partition coefficient (Wildman–Crippen LogP) is 0.899. The summed E-state index contributed by atoms with van der Waals surface area (Å²) in [6.07, 6.45) is 1.68. The lowest BCUT2D eigenvalue weighted by molar-refractivity contribution is 0.220. The van der Waals surface area contributed by atoms with Crippen molar-refractivity contribution in [2.45, 2.75) is 39.4 Å². The van der Waals surface area contributed by atoms with Crippen molar-refractivity contribution in [1.29, 1.82) is 0 Å². The van der Waals surface area contributed by atoms with Crippen LogP contribution in [0.3, 0.4) is 0 Å². The zero-order chi connectivity index (χ0) is 12.7. The van der Waals surface area contributed by atoms with Crippen molar-refractivity contribution in [3.05, 3.63) is 12.2 Å². The van der Waals surface area contributed by atoms with Crippen LogP contribution in [0.2, 0.25) is 0 Å². The first-order chi connectivity index (χ1) is 8.66. The van der Waals surface area contributed by atoms with Gasteiger partial charge in [-0.25, -0.2) is 9.67 Å². The second-order valence-electron chi connectivity index (χ2n) is 5.97. The maximum Gasteiger partial charge on any atom is 0.141 e. The van der Waals surface area contributed by atoms with Gasteiger partial charge >= 0.3 is 0 Å². The maximum atomic E-state index is 4.42. The molecule has 3 unspecified atom stereocenters. The van der Waals surface area contributed by atoms with Crippen molar-refractivity contribution in [2.24, 2.45) is 11.8 Å². The van der Waals surface area contributed by atoms with Crippen molar-refractivity contribution in [1.82, 2.24) is 25.0 Å². The summed E-state index contributed by atoms with van der Waals surface area (Å²) in [7, 11) is 0. The van der Waals surface area contributed by atoms with E-state index >= 15 is 0 Å². The Morgan fingerprint density at radius 3 is 3.00 bits per heavy atom. The molecule has 0 bridgehead atoms. The largest absolute Gasteiger partial charge is 0.316 e. The van der Waals surface area contributed by atoms with Crippen LogP contribution in [-0.4, -0.2) is 45.3 Å². The fourth-order valence-corrected chi connectivity index (χ4v) is 3.46. The van der Waals surface area contributed by atoms with Crippen LogP contribution in [0.15, 0.2) is 6.33 Å². The fourth-order valence-electron chi connectivity index (χ4n) is 3.46. The van der Waals surface area contributed by atoms with E-state index in [-0.39, 0.29) is 0 Å². The molecule has 100 valence electrons. The summed E-state index contributed by atoms with van der Waals surface area (Å²) in [5, 5.41) is 7.83. The van der Waals surface area contributed by atoms with E-state index in [0.717, 1.165) is 24.2 Å². The van der Waals surface area contributed by atoms with E-state index in [4.69, 9.17) is 0 Å². The van der Waals surface area contributed by atoms with Crippen LogP contribution in [0, 0.1) is 11.8 Å². The van der Waals surface area contributed by atoms with Crippen molar-refractivity contribution >= 4 is 0 Å². The Bertz CT molecular complexity index is 413. The number of rotatable bonds is 3. The van der Waals surface area contributed by atoms with Crippen LogP contribution >= 0.6 is 0 Å². The second-order valence-corrected chi connectivity index (χ2v) is 5.97. The Balaban J connectivity index is 1.72. The van der Waals surface area contributed by atoms with Crippen LogP contribution in [0.1, 0.15) is 32.6 Å². The first kappa shape index (κ1) is 12.1. The highest BCUT2D eigenvalue weighted by Gasteiger charge is 2.41. The van der Waals surface area contributed by atoms with Gasteiger partial charge in [-0.15, -0.1) is 0 Å². The molecule has 0 amide bonds. The van der Waals surface area contributed by atoms with E-state index in [2.05, 4.69) is 41.1 Å². The van der Waals surface area contributed by atoms with Crippen molar-refractivity contribution in [3.8, 4) is 0 Å². The molecular weight excluding hydrogens is 226 g/mol. The van der Waals surface area contributed by atoms with Crippen LogP contribution in [0.25, 0.3) is 0 Å². The van der Waals surface area contributed by atoms with Crippen molar-refractivity contribution < 1.29 is 0 Å². The minimum atomic E-state index is 0.390. The molecule has 0 spiro atoms. The molecule has 2 saturated heterocycles. The molecule has 3 heterocycles. The number of likely N-dealkylation sites (tertiary alicyclic amines) is 1. The molecular formula is C13H23N5. The molecule has 0 aromatic carbocycles. The van der Waals surface area contributed by atoms with Gasteiger partial charge in [0, 0.05) is 18.6 Å².